The molecule has 0 saturated carbocycles. The van der Waals surface area contributed by atoms with E-state index in [1.54, 1.807) is 7.11 Å². The van der Waals surface area contributed by atoms with Gasteiger partial charge in [0.25, 0.3) is 0 Å². The monoisotopic (exact) mass is 219 g/mol. The van der Waals surface area contributed by atoms with E-state index in [0.29, 0.717) is 13.2 Å². The molecule has 1 aromatic heterocycles. The van der Waals surface area contributed by atoms with Crippen LogP contribution in [-0.4, -0.2) is 7.11 Å². The zero-order valence-electron chi connectivity index (χ0n) is 9.75. The molecule has 0 unspecified atom stereocenters. The minimum absolute atomic E-state index is 0.413. The summed E-state index contributed by atoms with van der Waals surface area (Å²) in [6.07, 6.45) is 0.960. The summed E-state index contributed by atoms with van der Waals surface area (Å²) in [5.41, 5.74) is 8.94. The quantitative estimate of drug-likeness (QED) is 0.859. The van der Waals surface area contributed by atoms with Gasteiger partial charge in [0.1, 0.15) is 11.3 Å². The molecule has 3 nitrogen and oxygen atoms in total. The Hall–Kier alpha value is -1.32. The van der Waals surface area contributed by atoms with Crippen LogP contribution in [0.1, 0.15) is 23.8 Å². The molecule has 1 aromatic carbocycles. The summed E-state index contributed by atoms with van der Waals surface area (Å²) in [6.45, 7) is 3.08. The fraction of sp³-hybridized carbons (Fsp3) is 0.385. The highest BCUT2D eigenvalue weighted by atomic mass is 16.5. The number of rotatable bonds is 4. The van der Waals surface area contributed by atoms with Gasteiger partial charge in [-0.1, -0.05) is 25.1 Å². The summed E-state index contributed by atoms with van der Waals surface area (Å²) in [7, 11) is 1.68. The third-order valence-corrected chi connectivity index (χ3v) is 2.84. The highest BCUT2D eigenvalue weighted by Gasteiger charge is 2.14. The fourth-order valence-electron chi connectivity index (χ4n) is 2.02. The second-order valence-corrected chi connectivity index (χ2v) is 3.79. The molecule has 0 saturated heterocycles. The maximum absolute atomic E-state index is 5.82. The molecule has 2 aromatic rings. The third-order valence-electron chi connectivity index (χ3n) is 2.84. The summed E-state index contributed by atoms with van der Waals surface area (Å²) in [5.74, 6) is 0.831. The van der Waals surface area contributed by atoms with E-state index < -0.39 is 0 Å². The lowest BCUT2D eigenvalue weighted by Gasteiger charge is -1.99. The van der Waals surface area contributed by atoms with E-state index in [4.69, 9.17) is 14.9 Å². The van der Waals surface area contributed by atoms with Crippen LogP contribution in [0.4, 0.5) is 0 Å². The Morgan fingerprint density at radius 1 is 1.38 bits per heavy atom. The van der Waals surface area contributed by atoms with Crippen molar-refractivity contribution in [3.05, 3.63) is 35.1 Å². The molecular formula is C13H17NO2. The molecule has 1 heterocycles. The lowest BCUT2D eigenvalue weighted by molar-refractivity contribution is 0.184. The van der Waals surface area contributed by atoms with Crippen LogP contribution in [0.2, 0.25) is 0 Å². The molecule has 0 aliphatic heterocycles. The van der Waals surface area contributed by atoms with Crippen LogP contribution in [0.3, 0.4) is 0 Å². The number of para-hydroxylation sites is 1. The molecule has 0 amide bonds. The van der Waals surface area contributed by atoms with Gasteiger partial charge in [0.05, 0.1) is 13.2 Å². The second kappa shape index (κ2) is 4.68. The molecule has 86 valence electrons. The molecule has 3 heteroatoms. The molecule has 2 rings (SSSR count). The van der Waals surface area contributed by atoms with Crippen molar-refractivity contribution in [2.45, 2.75) is 26.5 Å². The van der Waals surface area contributed by atoms with Crippen LogP contribution < -0.4 is 5.73 Å². The van der Waals surface area contributed by atoms with Gasteiger partial charge in [-0.05, 0) is 12.0 Å². The van der Waals surface area contributed by atoms with Crippen LogP contribution in [0.15, 0.2) is 22.6 Å². The predicted molar refractivity (Wildman–Crippen MR) is 64.2 cm³/mol. The number of nitrogens with two attached hydrogens (primary N) is 1. The van der Waals surface area contributed by atoms with Gasteiger partial charge in [0.15, 0.2) is 0 Å². The van der Waals surface area contributed by atoms with Crippen molar-refractivity contribution in [1.29, 1.82) is 0 Å². The Bertz CT molecular complexity index is 488. The average molecular weight is 219 g/mol. The number of fused-ring (bicyclic) bond motifs is 1. The summed E-state index contributed by atoms with van der Waals surface area (Å²) in [4.78, 5) is 0. The number of furan rings is 1. The molecule has 0 atom stereocenters. The molecule has 0 bridgehead atoms. The fourth-order valence-corrected chi connectivity index (χ4v) is 2.02. The van der Waals surface area contributed by atoms with Gasteiger partial charge >= 0.3 is 0 Å². The van der Waals surface area contributed by atoms with Crippen LogP contribution in [0.5, 0.6) is 0 Å². The highest BCUT2D eigenvalue weighted by Crippen LogP contribution is 2.29. The molecule has 0 fully saturated rings. The zero-order valence-corrected chi connectivity index (χ0v) is 9.75. The maximum Gasteiger partial charge on any atom is 0.137 e. The van der Waals surface area contributed by atoms with E-state index in [1.165, 1.54) is 5.56 Å². The number of benzene rings is 1. The first-order chi connectivity index (χ1) is 7.81. The topological polar surface area (TPSA) is 48.4 Å². The Morgan fingerprint density at radius 3 is 2.81 bits per heavy atom. The van der Waals surface area contributed by atoms with Crippen molar-refractivity contribution in [3.63, 3.8) is 0 Å². The normalized spacial score (nSPS) is 11.2. The number of hydrogen-bond donors (Lipinski definition) is 1. The van der Waals surface area contributed by atoms with E-state index in [1.807, 2.05) is 0 Å². The van der Waals surface area contributed by atoms with E-state index in [-0.39, 0.29) is 0 Å². The minimum atomic E-state index is 0.413. The van der Waals surface area contributed by atoms with Gasteiger partial charge in [-0.2, -0.15) is 0 Å². The Balaban J connectivity index is 2.66. The highest BCUT2D eigenvalue weighted by molar-refractivity contribution is 5.85. The molecule has 16 heavy (non-hydrogen) atoms. The Morgan fingerprint density at radius 2 is 2.19 bits per heavy atom. The van der Waals surface area contributed by atoms with Crippen LogP contribution in [-0.2, 0) is 24.3 Å². The molecule has 2 N–H and O–H groups in total. The second-order valence-electron chi connectivity index (χ2n) is 3.79. The predicted octanol–water partition coefficient (Wildman–Crippen LogP) is 2.60. The van der Waals surface area contributed by atoms with Gasteiger partial charge in [0.2, 0.25) is 0 Å². The summed E-state index contributed by atoms with van der Waals surface area (Å²) < 4.78 is 11.0. The largest absolute Gasteiger partial charge is 0.459 e. The van der Waals surface area contributed by atoms with Gasteiger partial charge in [-0.25, -0.2) is 0 Å². The Kier molecular flexibility index (Phi) is 3.27. The zero-order chi connectivity index (χ0) is 11.5. The first-order valence-electron chi connectivity index (χ1n) is 5.53. The van der Waals surface area contributed by atoms with Gasteiger partial charge < -0.3 is 14.9 Å². The SMILES string of the molecule is CCc1cccc2c(COC)c(CN)oc12. The van der Waals surface area contributed by atoms with Crippen molar-refractivity contribution in [2.75, 3.05) is 7.11 Å². The maximum atomic E-state index is 5.82. The molecule has 0 spiro atoms. The number of methoxy groups -OCH3 is 1. The summed E-state index contributed by atoms with van der Waals surface area (Å²) in [5, 5.41) is 1.13. The van der Waals surface area contributed by atoms with E-state index in [2.05, 4.69) is 25.1 Å². The van der Waals surface area contributed by atoms with Gasteiger partial charge in [-0.15, -0.1) is 0 Å². The van der Waals surface area contributed by atoms with Crippen LogP contribution in [0, 0.1) is 0 Å². The van der Waals surface area contributed by atoms with Gasteiger partial charge in [0, 0.05) is 18.1 Å². The summed E-state index contributed by atoms with van der Waals surface area (Å²) in [6, 6.07) is 6.20. The number of hydrogen-bond acceptors (Lipinski definition) is 3. The lowest BCUT2D eigenvalue weighted by atomic mass is 10.1. The van der Waals surface area contributed by atoms with Crippen molar-refractivity contribution in [2.24, 2.45) is 5.73 Å². The van der Waals surface area contributed by atoms with E-state index >= 15 is 0 Å². The third kappa shape index (κ3) is 1.72. The van der Waals surface area contributed by atoms with E-state index in [0.717, 1.165) is 28.7 Å². The summed E-state index contributed by atoms with van der Waals surface area (Å²) >= 11 is 0. The molecule has 0 radical (unpaired) electrons. The smallest absolute Gasteiger partial charge is 0.137 e. The Labute approximate surface area is 95.2 Å². The lowest BCUT2D eigenvalue weighted by Crippen LogP contribution is -1.99. The molecule has 0 aliphatic rings. The van der Waals surface area contributed by atoms with Crippen molar-refractivity contribution >= 4 is 11.0 Å². The van der Waals surface area contributed by atoms with Crippen molar-refractivity contribution in [3.8, 4) is 0 Å². The average Bonchev–Trinajstić information content (AvgIpc) is 2.68. The van der Waals surface area contributed by atoms with Crippen LogP contribution >= 0.6 is 0 Å². The first-order valence-corrected chi connectivity index (χ1v) is 5.53. The standard InChI is InChI=1S/C13H17NO2/c1-3-9-5-4-6-10-11(8-15-2)12(7-14)16-13(9)10/h4-6H,3,7-8,14H2,1-2H3. The number of ether oxygens (including phenoxy) is 1. The molecule has 0 aliphatic carbocycles. The number of aryl methyl sites for hydroxylation is 1. The molecular weight excluding hydrogens is 202 g/mol. The van der Waals surface area contributed by atoms with Gasteiger partial charge in [-0.3, -0.25) is 0 Å². The minimum Gasteiger partial charge on any atom is -0.459 e. The van der Waals surface area contributed by atoms with Crippen molar-refractivity contribution < 1.29 is 9.15 Å². The van der Waals surface area contributed by atoms with Crippen molar-refractivity contribution in [1.82, 2.24) is 0 Å². The van der Waals surface area contributed by atoms with E-state index in [9.17, 15) is 0 Å². The van der Waals surface area contributed by atoms with Crippen LogP contribution in [0.25, 0.3) is 11.0 Å². The first kappa shape index (κ1) is 11.2.